The Balaban J connectivity index is 1.58. The van der Waals surface area contributed by atoms with E-state index in [1.54, 1.807) is 27.4 Å². The second-order valence-corrected chi connectivity index (χ2v) is 12.4. The molecule has 0 aromatic carbocycles. The molecule has 0 amide bonds. The molecule has 1 heterocycles. The zero-order valence-electron chi connectivity index (χ0n) is 25.4. The van der Waals surface area contributed by atoms with Gasteiger partial charge in [0.15, 0.2) is 11.6 Å². The molecule has 7 nitrogen and oxygen atoms in total. The van der Waals surface area contributed by atoms with Gasteiger partial charge in [-0.15, -0.1) is 0 Å². The number of ketones is 2. The molecule has 1 aliphatic heterocycles. The van der Waals surface area contributed by atoms with Crippen molar-refractivity contribution in [1.29, 1.82) is 0 Å². The number of rotatable bonds is 10. The number of hydrogen-bond donors (Lipinski definition) is 0. The Morgan fingerprint density at radius 1 is 0.925 bits per heavy atom. The number of allylic oxidation sites excluding steroid dienone is 5. The van der Waals surface area contributed by atoms with Crippen LogP contribution in [-0.4, -0.2) is 70.0 Å². The Morgan fingerprint density at radius 2 is 1.60 bits per heavy atom. The SMILES string of the molecule is COC1CC(C=CC(=O)C2C(OCC=C(C)C)CCC3C(=O)C(C)=C(C4CCCCC4)OC32)CC(OC)C1OC. The molecule has 4 aliphatic rings. The second-order valence-electron chi connectivity index (χ2n) is 12.4. The number of carbonyl (C=O) groups is 2. The van der Waals surface area contributed by atoms with E-state index in [2.05, 4.69) is 0 Å². The zero-order chi connectivity index (χ0) is 28.8. The maximum absolute atomic E-state index is 14.0. The minimum Gasteiger partial charge on any atom is -0.492 e. The molecule has 40 heavy (non-hydrogen) atoms. The molecule has 3 aliphatic carbocycles. The average molecular weight is 559 g/mol. The lowest BCUT2D eigenvalue weighted by molar-refractivity contribution is -0.152. The zero-order valence-corrected chi connectivity index (χ0v) is 25.4. The lowest BCUT2D eigenvalue weighted by atomic mass is 9.69. The van der Waals surface area contributed by atoms with Gasteiger partial charge >= 0.3 is 0 Å². The molecule has 224 valence electrons. The highest BCUT2D eigenvalue weighted by Gasteiger charge is 2.51. The summed E-state index contributed by atoms with van der Waals surface area (Å²) in [6, 6.07) is 0. The largest absolute Gasteiger partial charge is 0.492 e. The highest BCUT2D eigenvalue weighted by molar-refractivity contribution is 6.00. The van der Waals surface area contributed by atoms with E-state index in [0.717, 1.165) is 49.9 Å². The molecule has 6 unspecified atom stereocenters. The third kappa shape index (κ3) is 6.97. The molecule has 0 N–H and O–H groups in total. The molecule has 3 fully saturated rings. The minimum absolute atomic E-state index is 0.0240. The van der Waals surface area contributed by atoms with Gasteiger partial charge in [-0.05, 0) is 71.3 Å². The van der Waals surface area contributed by atoms with Crippen molar-refractivity contribution in [1.82, 2.24) is 0 Å². The van der Waals surface area contributed by atoms with Gasteiger partial charge in [0.25, 0.3) is 0 Å². The Morgan fingerprint density at radius 3 is 2.20 bits per heavy atom. The van der Waals surface area contributed by atoms with E-state index in [4.69, 9.17) is 23.7 Å². The van der Waals surface area contributed by atoms with Crippen LogP contribution < -0.4 is 0 Å². The van der Waals surface area contributed by atoms with E-state index in [9.17, 15) is 9.59 Å². The molecule has 7 heteroatoms. The van der Waals surface area contributed by atoms with Crippen LogP contribution in [0.2, 0.25) is 0 Å². The molecular weight excluding hydrogens is 508 g/mol. The smallest absolute Gasteiger partial charge is 0.168 e. The van der Waals surface area contributed by atoms with Crippen molar-refractivity contribution < 1.29 is 33.3 Å². The van der Waals surface area contributed by atoms with Crippen molar-refractivity contribution >= 4 is 11.6 Å². The van der Waals surface area contributed by atoms with Gasteiger partial charge in [-0.25, -0.2) is 0 Å². The van der Waals surface area contributed by atoms with Crippen LogP contribution in [0.25, 0.3) is 0 Å². The van der Waals surface area contributed by atoms with Crippen molar-refractivity contribution in [2.75, 3.05) is 27.9 Å². The summed E-state index contributed by atoms with van der Waals surface area (Å²) in [7, 11) is 5.06. The van der Waals surface area contributed by atoms with E-state index in [1.807, 2.05) is 32.9 Å². The van der Waals surface area contributed by atoms with Gasteiger partial charge in [-0.3, -0.25) is 9.59 Å². The minimum atomic E-state index is -0.525. The number of methoxy groups -OCH3 is 3. The van der Waals surface area contributed by atoms with Crippen molar-refractivity contribution in [2.24, 2.45) is 23.7 Å². The highest BCUT2D eigenvalue weighted by Crippen LogP contribution is 2.44. The van der Waals surface area contributed by atoms with E-state index in [1.165, 1.54) is 12.0 Å². The van der Waals surface area contributed by atoms with Crippen LogP contribution in [-0.2, 0) is 33.3 Å². The number of ether oxygens (including phenoxy) is 5. The lowest BCUT2D eigenvalue weighted by Gasteiger charge is -2.45. The molecule has 0 saturated heterocycles. The number of carbonyl (C=O) groups excluding carboxylic acids is 2. The third-order valence-corrected chi connectivity index (χ3v) is 9.57. The molecule has 0 spiro atoms. The summed E-state index contributed by atoms with van der Waals surface area (Å²) in [6.07, 6.45) is 13.1. The Labute approximate surface area is 240 Å². The van der Waals surface area contributed by atoms with Crippen LogP contribution in [0.4, 0.5) is 0 Å². The van der Waals surface area contributed by atoms with Crippen LogP contribution in [0.15, 0.2) is 35.1 Å². The second kappa shape index (κ2) is 14.4. The van der Waals surface area contributed by atoms with E-state index in [0.29, 0.717) is 19.4 Å². The lowest BCUT2D eigenvalue weighted by Crippen LogP contribution is -2.53. The monoisotopic (exact) mass is 558 g/mol. The molecule has 0 radical (unpaired) electrons. The fourth-order valence-electron chi connectivity index (χ4n) is 7.32. The average Bonchev–Trinajstić information content (AvgIpc) is 2.97. The topological polar surface area (TPSA) is 80.3 Å². The summed E-state index contributed by atoms with van der Waals surface area (Å²) < 4.78 is 30.1. The van der Waals surface area contributed by atoms with Crippen LogP contribution in [0.5, 0.6) is 0 Å². The maximum Gasteiger partial charge on any atom is 0.168 e. The van der Waals surface area contributed by atoms with Gasteiger partial charge in [0.05, 0.1) is 36.8 Å². The molecule has 6 atom stereocenters. The predicted octanol–water partition coefficient (Wildman–Crippen LogP) is 5.77. The van der Waals surface area contributed by atoms with Gasteiger partial charge in [-0.2, -0.15) is 0 Å². The number of fused-ring (bicyclic) bond motifs is 1. The first-order valence-corrected chi connectivity index (χ1v) is 15.3. The normalized spacial score (nSPS) is 35.4. The number of Topliss-reactive ketones (excluding diaryl/α,β-unsaturated/α-hetero) is 1. The Hall–Kier alpha value is -1.80. The molecule has 0 bridgehead atoms. The fraction of sp³-hybridized carbons (Fsp3) is 0.758. The van der Waals surface area contributed by atoms with Gasteiger partial charge in [-0.1, -0.05) is 37.0 Å². The highest BCUT2D eigenvalue weighted by atomic mass is 16.6. The van der Waals surface area contributed by atoms with Gasteiger partial charge < -0.3 is 23.7 Å². The molecule has 4 rings (SSSR count). The van der Waals surface area contributed by atoms with Crippen molar-refractivity contribution in [2.45, 2.75) is 109 Å². The van der Waals surface area contributed by atoms with Crippen molar-refractivity contribution in [3.05, 3.63) is 35.1 Å². The van der Waals surface area contributed by atoms with Crippen LogP contribution in [0, 0.1) is 23.7 Å². The van der Waals surface area contributed by atoms with Gasteiger partial charge in [0.2, 0.25) is 0 Å². The first kappa shape index (κ1) is 31.1. The molecule has 0 aromatic heterocycles. The quantitative estimate of drug-likeness (QED) is 0.249. The fourth-order valence-corrected chi connectivity index (χ4v) is 7.32. The summed E-state index contributed by atoms with van der Waals surface area (Å²) in [5.74, 6) is 0.526. The van der Waals surface area contributed by atoms with Crippen molar-refractivity contribution in [3.63, 3.8) is 0 Å². The van der Waals surface area contributed by atoms with E-state index in [-0.39, 0.29) is 53.7 Å². The van der Waals surface area contributed by atoms with Crippen LogP contribution >= 0.6 is 0 Å². The van der Waals surface area contributed by atoms with Crippen LogP contribution in [0.3, 0.4) is 0 Å². The summed E-state index contributed by atoms with van der Waals surface area (Å²) >= 11 is 0. The summed E-state index contributed by atoms with van der Waals surface area (Å²) in [5, 5.41) is 0. The molecular formula is C33H50O7. The van der Waals surface area contributed by atoms with Crippen LogP contribution in [0.1, 0.15) is 78.6 Å². The summed E-state index contributed by atoms with van der Waals surface area (Å²) in [4.78, 5) is 27.7. The standard InChI is InChI=1S/C33H50O7/c1-20(2)16-17-39-26-15-13-24-30(35)21(3)31(23-10-8-7-9-11-23)40-32(24)29(26)25(34)14-12-22-18-27(36-4)33(38-6)28(19-22)37-5/h12,14,16,22-24,26-29,32-33H,7-11,13,15,17-19H2,1-6H3. The van der Waals surface area contributed by atoms with E-state index < -0.39 is 12.0 Å². The third-order valence-electron chi connectivity index (χ3n) is 9.57. The predicted molar refractivity (Wildman–Crippen MR) is 154 cm³/mol. The Kier molecular flexibility index (Phi) is 11.2. The first-order chi connectivity index (χ1) is 19.3. The number of hydrogen-bond acceptors (Lipinski definition) is 7. The summed E-state index contributed by atoms with van der Waals surface area (Å²) in [5.41, 5.74) is 1.94. The van der Waals surface area contributed by atoms with Gasteiger partial charge in [0, 0.05) is 32.8 Å². The van der Waals surface area contributed by atoms with Gasteiger partial charge in [0.1, 0.15) is 18.0 Å². The summed E-state index contributed by atoms with van der Waals surface area (Å²) in [6.45, 7) is 6.45. The molecule has 3 saturated carbocycles. The van der Waals surface area contributed by atoms with Crippen molar-refractivity contribution in [3.8, 4) is 0 Å². The maximum atomic E-state index is 14.0. The first-order valence-electron chi connectivity index (χ1n) is 15.3. The molecule has 0 aromatic rings. The Bertz CT molecular complexity index is 957. The van der Waals surface area contributed by atoms with E-state index >= 15 is 0 Å².